The highest BCUT2D eigenvalue weighted by Gasteiger charge is 2.58. The van der Waals surface area contributed by atoms with Crippen LogP contribution in [0.15, 0.2) is 0 Å². The average Bonchev–Trinajstić information content (AvgIpc) is 2.49. The molecule has 0 spiro atoms. The second-order valence-corrected chi connectivity index (χ2v) is 9.71. The molecule has 6 atom stereocenters. The first-order chi connectivity index (χ1) is 13.3. The van der Waals surface area contributed by atoms with Crippen molar-refractivity contribution in [1.82, 2.24) is 0 Å². The maximum absolute atomic E-state index is 11.4. The van der Waals surface area contributed by atoms with Gasteiger partial charge in [0.15, 0.2) is 11.9 Å². The summed E-state index contributed by atoms with van der Waals surface area (Å²) in [6.45, 7) is 0.761. The molecule has 174 valence electrons. The maximum Gasteiger partial charge on any atom is 0.470 e. The minimum atomic E-state index is -5.48. The minimum Gasteiger partial charge on any atom is -0.379 e. The van der Waals surface area contributed by atoms with E-state index in [1.807, 2.05) is 0 Å². The molecular formula is C11H25O15P3. The molecule has 0 saturated carbocycles. The standard InChI is InChI=1S/C11H25O15P3/c1-3-4-5-22-6-7-8(24-27(13,14)15)9(25-28(16,17)18)10(11(2,12)23-7)26-29(19,20)21/h7-10,12H,3-6H2,1-2H3,(H2,13,14,15)(H2,16,17,18)(H2,19,20,21)/t7-,8-,9-,10+,11?/m1/s1/i5D/t5?,7-,8-,9-,10+,11?. The van der Waals surface area contributed by atoms with Crippen molar-refractivity contribution in [3.8, 4) is 0 Å². The SMILES string of the molecule is [2H]C(CCC)OC[C@H]1OC(C)(O)[C@@H](OP(=O)(O)O)[C@H](OP(=O)(O)O)[C@@H]1OP(=O)(O)O. The molecule has 29 heavy (non-hydrogen) atoms. The van der Waals surface area contributed by atoms with Crippen LogP contribution < -0.4 is 0 Å². The molecule has 2 unspecified atom stereocenters. The molecule has 0 aliphatic carbocycles. The van der Waals surface area contributed by atoms with E-state index < -0.39 is 66.9 Å². The number of phosphoric ester groups is 3. The fourth-order valence-corrected chi connectivity index (χ4v) is 4.22. The van der Waals surface area contributed by atoms with Gasteiger partial charge in [-0.15, -0.1) is 0 Å². The van der Waals surface area contributed by atoms with E-state index in [9.17, 15) is 18.8 Å². The van der Waals surface area contributed by atoms with Crippen molar-refractivity contribution in [2.24, 2.45) is 0 Å². The van der Waals surface area contributed by atoms with Crippen LogP contribution in [0.2, 0.25) is 0 Å². The molecule has 1 saturated heterocycles. The number of phosphoric acid groups is 3. The van der Waals surface area contributed by atoms with Gasteiger partial charge in [-0.25, -0.2) is 13.7 Å². The second-order valence-electron chi connectivity index (χ2n) is 6.14. The van der Waals surface area contributed by atoms with Gasteiger partial charge in [-0.3, -0.25) is 13.6 Å². The maximum atomic E-state index is 11.4. The third-order valence-corrected chi connectivity index (χ3v) is 5.00. The van der Waals surface area contributed by atoms with Gasteiger partial charge < -0.3 is 43.9 Å². The second kappa shape index (κ2) is 10.2. The van der Waals surface area contributed by atoms with Crippen LogP contribution in [0.5, 0.6) is 0 Å². The molecule has 15 nitrogen and oxygen atoms in total. The first-order valence-electron chi connectivity index (χ1n) is 8.58. The first kappa shape index (κ1) is 25.5. The van der Waals surface area contributed by atoms with Crippen LogP contribution in [0, 0.1) is 0 Å². The van der Waals surface area contributed by atoms with E-state index in [1.54, 1.807) is 6.92 Å². The smallest absolute Gasteiger partial charge is 0.379 e. The zero-order valence-corrected chi connectivity index (χ0v) is 17.9. The number of rotatable bonds is 11. The first-order valence-corrected chi connectivity index (χ1v) is 12.6. The molecule has 1 fully saturated rings. The van der Waals surface area contributed by atoms with Crippen LogP contribution in [-0.2, 0) is 36.7 Å². The van der Waals surface area contributed by atoms with Gasteiger partial charge in [-0.2, -0.15) is 0 Å². The summed E-state index contributed by atoms with van der Waals surface area (Å²) in [7, 11) is -16.3. The van der Waals surface area contributed by atoms with E-state index in [2.05, 4.69) is 13.6 Å². The Morgan fingerprint density at radius 3 is 1.90 bits per heavy atom. The van der Waals surface area contributed by atoms with Crippen LogP contribution in [0.4, 0.5) is 0 Å². The zero-order chi connectivity index (χ0) is 23.5. The van der Waals surface area contributed by atoms with Crippen LogP contribution in [0.3, 0.4) is 0 Å². The van der Waals surface area contributed by atoms with Gasteiger partial charge in [0.1, 0.15) is 18.3 Å². The van der Waals surface area contributed by atoms with Gasteiger partial charge in [0.05, 0.1) is 7.98 Å². The quantitative estimate of drug-likeness (QED) is 0.178. The Labute approximate surface area is 167 Å². The van der Waals surface area contributed by atoms with Crippen molar-refractivity contribution >= 4 is 23.5 Å². The van der Waals surface area contributed by atoms with Gasteiger partial charge in [0.2, 0.25) is 0 Å². The van der Waals surface area contributed by atoms with E-state index in [0.29, 0.717) is 6.42 Å². The lowest BCUT2D eigenvalue weighted by atomic mass is 9.93. The molecule has 0 aromatic rings. The van der Waals surface area contributed by atoms with Gasteiger partial charge in [-0.1, -0.05) is 13.3 Å². The predicted octanol–water partition coefficient (Wildman–Crippen LogP) is -0.656. The van der Waals surface area contributed by atoms with Crippen molar-refractivity contribution in [1.29, 1.82) is 0 Å². The van der Waals surface area contributed by atoms with Crippen LogP contribution in [-0.4, -0.2) is 77.9 Å². The zero-order valence-electron chi connectivity index (χ0n) is 16.2. The summed E-state index contributed by atoms with van der Waals surface area (Å²) in [5.41, 5.74) is 0. The molecule has 18 heteroatoms. The van der Waals surface area contributed by atoms with E-state index in [1.165, 1.54) is 0 Å². The Balaban J connectivity index is 3.37. The number of hydrogen-bond acceptors (Lipinski definition) is 9. The molecule has 0 bridgehead atoms. The van der Waals surface area contributed by atoms with Crippen molar-refractivity contribution in [2.75, 3.05) is 13.2 Å². The molecule has 0 aromatic carbocycles. The number of ether oxygens (including phenoxy) is 2. The van der Waals surface area contributed by atoms with Crippen molar-refractivity contribution in [3.63, 3.8) is 0 Å². The predicted molar refractivity (Wildman–Crippen MR) is 92.0 cm³/mol. The Morgan fingerprint density at radius 1 is 0.966 bits per heavy atom. The van der Waals surface area contributed by atoms with Gasteiger partial charge in [0.25, 0.3) is 0 Å². The van der Waals surface area contributed by atoms with Crippen molar-refractivity contribution in [3.05, 3.63) is 0 Å². The van der Waals surface area contributed by atoms with Crippen molar-refractivity contribution in [2.45, 2.75) is 56.9 Å². The van der Waals surface area contributed by atoms with Gasteiger partial charge in [0, 0.05) is 6.58 Å². The van der Waals surface area contributed by atoms with E-state index in [0.717, 1.165) is 6.92 Å². The summed E-state index contributed by atoms with van der Waals surface area (Å²) in [5, 5.41) is 10.4. The summed E-state index contributed by atoms with van der Waals surface area (Å²) in [4.78, 5) is 54.8. The van der Waals surface area contributed by atoms with Crippen LogP contribution in [0.25, 0.3) is 0 Å². The Hall–Kier alpha value is 0.210. The minimum absolute atomic E-state index is 0.249. The lowest BCUT2D eigenvalue weighted by Gasteiger charge is -2.48. The lowest BCUT2D eigenvalue weighted by molar-refractivity contribution is -0.334. The van der Waals surface area contributed by atoms with Gasteiger partial charge in [-0.05, 0) is 13.3 Å². The summed E-state index contributed by atoms with van der Waals surface area (Å²) >= 11 is 0. The third kappa shape index (κ3) is 9.92. The molecule has 7 N–H and O–H groups in total. The number of aliphatic hydroxyl groups is 1. The highest BCUT2D eigenvalue weighted by Crippen LogP contribution is 2.51. The summed E-state index contributed by atoms with van der Waals surface area (Å²) in [6, 6.07) is 0. The van der Waals surface area contributed by atoms with E-state index in [-0.39, 0.29) is 6.42 Å². The summed E-state index contributed by atoms with van der Waals surface area (Å²) in [5.74, 6) is -2.70. The highest BCUT2D eigenvalue weighted by atomic mass is 31.2. The Kier molecular flexibility index (Phi) is 8.97. The Bertz CT molecular complexity index is 700. The molecule has 1 heterocycles. The molecule has 0 radical (unpaired) electrons. The molecule has 0 amide bonds. The number of hydrogen-bond donors (Lipinski definition) is 7. The fraction of sp³-hybridized carbons (Fsp3) is 1.00. The highest BCUT2D eigenvalue weighted by molar-refractivity contribution is 7.47. The largest absolute Gasteiger partial charge is 0.470 e. The van der Waals surface area contributed by atoms with Crippen LogP contribution in [0.1, 0.15) is 28.1 Å². The summed E-state index contributed by atoms with van der Waals surface area (Å²) in [6.07, 6.45) is -7.78. The lowest BCUT2D eigenvalue weighted by Crippen LogP contribution is -2.65. The molecule has 1 aliphatic rings. The Morgan fingerprint density at radius 2 is 1.45 bits per heavy atom. The van der Waals surface area contributed by atoms with Gasteiger partial charge >= 0.3 is 23.5 Å². The molecular weight excluding hydrogens is 465 g/mol. The molecule has 0 aromatic heterocycles. The molecule has 1 rings (SSSR count). The normalized spacial score (nSPS) is 33.3. The average molecular weight is 491 g/mol. The topological polar surface area (TPSA) is 239 Å². The third-order valence-electron chi connectivity index (χ3n) is 3.46. The molecule has 1 aliphatic heterocycles. The van der Waals surface area contributed by atoms with Crippen LogP contribution >= 0.6 is 23.5 Å². The monoisotopic (exact) mass is 491 g/mol. The van der Waals surface area contributed by atoms with Crippen molar-refractivity contribution < 1.29 is 72.6 Å². The van der Waals surface area contributed by atoms with E-state index in [4.69, 9.17) is 40.2 Å². The summed E-state index contributed by atoms with van der Waals surface area (Å²) < 4.78 is 65.2. The van der Waals surface area contributed by atoms with E-state index >= 15 is 0 Å². The fourth-order valence-electron chi connectivity index (χ4n) is 2.49.